The first-order valence-corrected chi connectivity index (χ1v) is 8.27. The fourth-order valence-corrected chi connectivity index (χ4v) is 3.23. The third-order valence-corrected chi connectivity index (χ3v) is 4.42. The van der Waals surface area contributed by atoms with E-state index in [1.807, 2.05) is 5.38 Å². The molecule has 1 aliphatic rings. The lowest BCUT2D eigenvalue weighted by Gasteiger charge is -2.33. The Balaban J connectivity index is 1.50. The van der Waals surface area contributed by atoms with E-state index in [0.29, 0.717) is 24.0 Å². The first-order chi connectivity index (χ1) is 11.1. The normalized spacial score (nSPS) is 15.6. The van der Waals surface area contributed by atoms with Crippen LogP contribution in [0.5, 0.6) is 0 Å². The maximum Gasteiger partial charge on any atom is 0.289 e. The number of carbonyl (C=O) groups excluding carboxylic acids is 2. The fourth-order valence-electron chi connectivity index (χ4n) is 2.48. The molecule has 1 N–H and O–H groups in total. The van der Waals surface area contributed by atoms with Gasteiger partial charge in [0.2, 0.25) is 5.91 Å². The zero-order valence-electron chi connectivity index (χ0n) is 12.8. The van der Waals surface area contributed by atoms with Gasteiger partial charge in [-0.05, 0) is 12.1 Å². The molecule has 0 radical (unpaired) electrons. The zero-order valence-corrected chi connectivity index (χ0v) is 13.6. The lowest BCUT2D eigenvalue weighted by atomic mass is 10.2. The van der Waals surface area contributed by atoms with Crippen LogP contribution in [-0.2, 0) is 11.3 Å². The smallest absolute Gasteiger partial charge is 0.289 e. The molecule has 3 rings (SSSR count). The molecule has 0 bridgehead atoms. The molecule has 7 nitrogen and oxygen atoms in total. The van der Waals surface area contributed by atoms with Gasteiger partial charge in [-0.3, -0.25) is 14.5 Å². The molecule has 1 fully saturated rings. The Morgan fingerprint density at radius 2 is 2.13 bits per heavy atom. The maximum absolute atomic E-state index is 12.2. The van der Waals surface area contributed by atoms with Gasteiger partial charge in [0.25, 0.3) is 5.91 Å². The number of piperazine rings is 1. The van der Waals surface area contributed by atoms with Crippen LogP contribution in [0.2, 0.25) is 0 Å². The summed E-state index contributed by atoms with van der Waals surface area (Å²) in [5.41, 5.74) is 0.935. The van der Waals surface area contributed by atoms with Gasteiger partial charge in [0.05, 0.1) is 12.0 Å². The highest BCUT2D eigenvalue weighted by Crippen LogP contribution is 2.18. The van der Waals surface area contributed by atoms with E-state index in [1.165, 1.54) is 24.5 Å². The van der Waals surface area contributed by atoms with Crippen LogP contribution in [0.1, 0.15) is 23.2 Å². The summed E-state index contributed by atoms with van der Waals surface area (Å²) in [7, 11) is 0. The first kappa shape index (κ1) is 15.7. The van der Waals surface area contributed by atoms with Gasteiger partial charge in [0.1, 0.15) is 0 Å². The molecule has 0 atom stereocenters. The molecule has 0 unspecified atom stereocenters. The number of aromatic nitrogens is 1. The van der Waals surface area contributed by atoms with Crippen LogP contribution in [0.25, 0.3) is 0 Å². The minimum Gasteiger partial charge on any atom is -0.459 e. The van der Waals surface area contributed by atoms with E-state index in [0.717, 1.165) is 25.3 Å². The Hall–Kier alpha value is -2.19. The van der Waals surface area contributed by atoms with Gasteiger partial charge in [0, 0.05) is 45.0 Å². The van der Waals surface area contributed by atoms with Crippen molar-refractivity contribution in [3.05, 3.63) is 35.2 Å². The summed E-state index contributed by atoms with van der Waals surface area (Å²) in [4.78, 5) is 31.6. The van der Waals surface area contributed by atoms with Crippen molar-refractivity contribution in [2.24, 2.45) is 0 Å². The van der Waals surface area contributed by atoms with Crippen molar-refractivity contribution in [3.63, 3.8) is 0 Å². The molecular formula is C15H18N4O3S. The van der Waals surface area contributed by atoms with Crippen molar-refractivity contribution < 1.29 is 14.0 Å². The number of furan rings is 1. The van der Waals surface area contributed by atoms with E-state index >= 15 is 0 Å². The summed E-state index contributed by atoms with van der Waals surface area (Å²) in [6, 6.07) is 3.41. The number of hydrogen-bond acceptors (Lipinski definition) is 6. The average molecular weight is 334 g/mol. The van der Waals surface area contributed by atoms with Crippen molar-refractivity contribution >= 4 is 28.3 Å². The lowest BCUT2D eigenvalue weighted by molar-refractivity contribution is -0.114. The molecule has 2 aromatic rings. The Morgan fingerprint density at radius 3 is 2.78 bits per heavy atom. The summed E-state index contributed by atoms with van der Waals surface area (Å²) < 4.78 is 5.16. The van der Waals surface area contributed by atoms with E-state index in [9.17, 15) is 9.59 Å². The number of amides is 2. The highest BCUT2D eigenvalue weighted by molar-refractivity contribution is 7.13. The molecule has 2 amide bonds. The maximum atomic E-state index is 12.2. The number of anilines is 1. The first-order valence-electron chi connectivity index (χ1n) is 7.39. The minimum absolute atomic E-state index is 0.0590. The van der Waals surface area contributed by atoms with E-state index in [4.69, 9.17) is 4.42 Å². The number of nitrogens with one attached hydrogen (secondary N) is 1. The van der Waals surface area contributed by atoms with E-state index < -0.39 is 0 Å². The molecule has 0 aliphatic carbocycles. The Bertz CT molecular complexity index is 675. The summed E-state index contributed by atoms with van der Waals surface area (Å²) in [6.45, 7) is 5.11. The molecule has 1 aliphatic heterocycles. The van der Waals surface area contributed by atoms with Crippen LogP contribution < -0.4 is 5.32 Å². The summed E-state index contributed by atoms with van der Waals surface area (Å²) in [6.07, 6.45) is 1.51. The van der Waals surface area contributed by atoms with Crippen molar-refractivity contribution in [3.8, 4) is 0 Å². The number of carbonyl (C=O) groups is 2. The van der Waals surface area contributed by atoms with Crippen LogP contribution >= 0.6 is 11.3 Å². The van der Waals surface area contributed by atoms with Crippen LogP contribution in [0.15, 0.2) is 28.2 Å². The second-order valence-corrected chi connectivity index (χ2v) is 6.23. The SMILES string of the molecule is CC(=O)Nc1nc(CN2CCN(C(=O)c3ccco3)CC2)cs1. The van der Waals surface area contributed by atoms with Gasteiger partial charge < -0.3 is 14.6 Å². The van der Waals surface area contributed by atoms with Gasteiger partial charge in [-0.25, -0.2) is 4.98 Å². The van der Waals surface area contributed by atoms with Crippen molar-refractivity contribution in [2.45, 2.75) is 13.5 Å². The second-order valence-electron chi connectivity index (χ2n) is 5.37. The molecule has 3 heterocycles. The van der Waals surface area contributed by atoms with Crippen LogP contribution in [-0.4, -0.2) is 52.8 Å². The molecule has 122 valence electrons. The van der Waals surface area contributed by atoms with E-state index in [1.54, 1.807) is 17.0 Å². The van der Waals surface area contributed by atoms with Gasteiger partial charge in [0.15, 0.2) is 10.9 Å². The molecule has 0 aromatic carbocycles. The standard InChI is InChI=1S/C15H18N4O3S/c1-11(20)16-15-17-12(10-23-15)9-18-4-6-19(7-5-18)14(21)13-3-2-8-22-13/h2-3,8,10H,4-7,9H2,1H3,(H,16,17,20). The molecule has 2 aromatic heterocycles. The van der Waals surface area contributed by atoms with Crippen LogP contribution in [0.4, 0.5) is 5.13 Å². The van der Waals surface area contributed by atoms with Crippen molar-refractivity contribution in [1.29, 1.82) is 0 Å². The van der Waals surface area contributed by atoms with Gasteiger partial charge >= 0.3 is 0 Å². The van der Waals surface area contributed by atoms with Gasteiger partial charge in [-0.2, -0.15) is 0 Å². The third-order valence-electron chi connectivity index (χ3n) is 3.61. The molecule has 8 heteroatoms. The predicted octanol–water partition coefficient (Wildman–Crippen LogP) is 1.65. The zero-order chi connectivity index (χ0) is 16.2. The summed E-state index contributed by atoms with van der Waals surface area (Å²) >= 11 is 1.42. The molecule has 0 spiro atoms. The van der Waals surface area contributed by atoms with Gasteiger partial charge in [-0.15, -0.1) is 11.3 Å². The number of nitrogens with zero attached hydrogens (tertiary/aromatic N) is 3. The van der Waals surface area contributed by atoms with E-state index in [2.05, 4.69) is 15.2 Å². The van der Waals surface area contributed by atoms with Crippen molar-refractivity contribution in [2.75, 3.05) is 31.5 Å². The minimum atomic E-state index is -0.115. The number of hydrogen-bond donors (Lipinski definition) is 1. The predicted molar refractivity (Wildman–Crippen MR) is 86.3 cm³/mol. The summed E-state index contributed by atoms with van der Waals surface area (Å²) in [5.74, 6) is 0.213. The number of rotatable bonds is 4. The topological polar surface area (TPSA) is 78.7 Å². The lowest BCUT2D eigenvalue weighted by Crippen LogP contribution is -2.48. The van der Waals surface area contributed by atoms with Gasteiger partial charge in [-0.1, -0.05) is 0 Å². The van der Waals surface area contributed by atoms with Crippen LogP contribution in [0.3, 0.4) is 0 Å². The Labute approximate surface area is 137 Å². The summed E-state index contributed by atoms with van der Waals surface area (Å²) in [5, 5.41) is 5.26. The second kappa shape index (κ2) is 6.93. The average Bonchev–Trinajstić information content (AvgIpc) is 3.19. The largest absolute Gasteiger partial charge is 0.459 e. The molecule has 23 heavy (non-hydrogen) atoms. The van der Waals surface area contributed by atoms with Crippen LogP contribution in [0, 0.1) is 0 Å². The number of thiazole rings is 1. The van der Waals surface area contributed by atoms with Crippen molar-refractivity contribution in [1.82, 2.24) is 14.8 Å². The molecule has 1 saturated heterocycles. The highest BCUT2D eigenvalue weighted by atomic mass is 32.1. The molecule has 0 saturated carbocycles. The highest BCUT2D eigenvalue weighted by Gasteiger charge is 2.24. The Kier molecular flexibility index (Phi) is 4.73. The fraction of sp³-hybridized carbons (Fsp3) is 0.400. The Morgan fingerprint density at radius 1 is 1.35 bits per heavy atom. The van der Waals surface area contributed by atoms with E-state index in [-0.39, 0.29) is 11.8 Å². The third kappa shape index (κ3) is 3.96. The quantitative estimate of drug-likeness (QED) is 0.920. The molecular weight excluding hydrogens is 316 g/mol. The monoisotopic (exact) mass is 334 g/mol.